The summed E-state index contributed by atoms with van der Waals surface area (Å²) in [5.41, 5.74) is 2.44. The Morgan fingerprint density at radius 3 is 2.61 bits per heavy atom. The molecule has 0 radical (unpaired) electrons. The summed E-state index contributed by atoms with van der Waals surface area (Å²) in [6, 6.07) is 5.34. The van der Waals surface area contributed by atoms with Gasteiger partial charge in [-0.15, -0.1) is 0 Å². The summed E-state index contributed by atoms with van der Waals surface area (Å²) in [7, 11) is 0. The molecule has 23 heavy (non-hydrogen) atoms. The van der Waals surface area contributed by atoms with Crippen molar-refractivity contribution >= 4 is 23.2 Å². The lowest BCUT2D eigenvalue weighted by molar-refractivity contribution is -0.119. The van der Waals surface area contributed by atoms with E-state index in [0.29, 0.717) is 6.54 Å². The number of aryl methyl sites for hydroxylation is 1. The van der Waals surface area contributed by atoms with Crippen LogP contribution in [0.4, 0.5) is 11.4 Å². The monoisotopic (exact) mass is 313 g/mol. The lowest BCUT2D eigenvalue weighted by atomic mass is 10.1. The molecule has 1 aliphatic carbocycles. The van der Waals surface area contributed by atoms with Crippen LogP contribution in [-0.2, 0) is 9.59 Å². The van der Waals surface area contributed by atoms with Crippen molar-refractivity contribution in [3.63, 3.8) is 0 Å². The summed E-state index contributed by atoms with van der Waals surface area (Å²) in [4.78, 5) is 24.4. The highest BCUT2D eigenvalue weighted by Crippen LogP contribution is 2.27. The minimum atomic E-state index is -0.286. The Labute approximate surface area is 136 Å². The lowest BCUT2D eigenvalue weighted by Crippen LogP contribution is -2.35. The topological polar surface area (TPSA) is 70.2 Å². The Bertz CT molecular complexity index is 633. The van der Waals surface area contributed by atoms with Crippen LogP contribution in [-0.4, -0.2) is 24.4 Å². The molecule has 1 aromatic carbocycles. The predicted octanol–water partition coefficient (Wildman–Crippen LogP) is 2.59. The van der Waals surface area contributed by atoms with Gasteiger partial charge in [0.05, 0.1) is 0 Å². The molecule has 1 aliphatic heterocycles. The number of rotatable bonds is 4. The molecule has 5 heteroatoms. The number of amides is 2. The van der Waals surface area contributed by atoms with E-state index < -0.39 is 0 Å². The third kappa shape index (κ3) is 3.79. The zero-order chi connectivity index (χ0) is 16.2. The van der Waals surface area contributed by atoms with Gasteiger partial charge in [-0.2, -0.15) is 0 Å². The second-order valence-corrected chi connectivity index (χ2v) is 6.30. The van der Waals surface area contributed by atoms with Gasteiger partial charge in [0.2, 0.25) is 11.8 Å². The van der Waals surface area contributed by atoms with Gasteiger partial charge in [-0.1, -0.05) is 31.1 Å². The van der Waals surface area contributed by atoms with Crippen LogP contribution in [0.2, 0.25) is 0 Å². The van der Waals surface area contributed by atoms with Crippen LogP contribution >= 0.6 is 0 Å². The van der Waals surface area contributed by atoms with Gasteiger partial charge in [-0.05, 0) is 37.5 Å². The van der Waals surface area contributed by atoms with Crippen molar-refractivity contribution < 1.29 is 9.59 Å². The van der Waals surface area contributed by atoms with Crippen LogP contribution in [0.3, 0.4) is 0 Å². The summed E-state index contributed by atoms with van der Waals surface area (Å²) in [5.74, 6) is 0.132. The standard InChI is InChI=1S/C18H23N3O2/c1-12-8-9-14(20-17(22)13-5-2-3-6-13)11-16(12)21-18(23)15-7-4-10-19-15/h4,7-9,11,13,15,19H,2-3,5-6,10H2,1H3,(H,20,22)(H,21,23). The number of carbonyl (C=O) groups excluding carboxylic acids is 2. The van der Waals surface area contributed by atoms with Crippen molar-refractivity contribution in [2.45, 2.75) is 38.6 Å². The smallest absolute Gasteiger partial charge is 0.245 e. The molecule has 3 rings (SSSR count). The molecule has 0 aromatic heterocycles. The van der Waals surface area contributed by atoms with Crippen LogP contribution in [0.5, 0.6) is 0 Å². The zero-order valence-electron chi connectivity index (χ0n) is 13.4. The zero-order valence-corrected chi connectivity index (χ0v) is 13.4. The molecule has 1 atom stereocenters. The molecule has 3 N–H and O–H groups in total. The van der Waals surface area contributed by atoms with E-state index in [1.807, 2.05) is 37.3 Å². The van der Waals surface area contributed by atoms with Crippen LogP contribution in [0.25, 0.3) is 0 Å². The molecule has 0 saturated heterocycles. The first-order chi connectivity index (χ1) is 11.1. The van der Waals surface area contributed by atoms with Crippen LogP contribution in [0, 0.1) is 12.8 Å². The molecule has 2 aliphatic rings. The van der Waals surface area contributed by atoms with Gasteiger partial charge in [-0.3, -0.25) is 14.9 Å². The third-order valence-corrected chi connectivity index (χ3v) is 4.56. The first-order valence-electron chi connectivity index (χ1n) is 8.26. The van der Waals surface area contributed by atoms with Gasteiger partial charge in [0, 0.05) is 23.8 Å². The number of nitrogens with one attached hydrogen (secondary N) is 3. The van der Waals surface area contributed by atoms with Gasteiger partial charge in [0.15, 0.2) is 0 Å². The maximum atomic E-state index is 12.2. The van der Waals surface area contributed by atoms with E-state index in [1.54, 1.807) is 0 Å². The maximum Gasteiger partial charge on any atom is 0.245 e. The summed E-state index contributed by atoms with van der Waals surface area (Å²) in [6.45, 7) is 2.66. The van der Waals surface area contributed by atoms with Gasteiger partial charge < -0.3 is 10.6 Å². The number of hydrogen-bond acceptors (Lipinski definition) is 3. The normalized spacial score (nSPS) is 20.7. The first-order valence-corrected chi connectivity index (χ1v) is 8.26. The summed E-state index contributed by atoms with van der Waals surface area (Å²) < 4.78 is 0. The highest BCUT2D eigenvalue weighted by Gasteiger charge is 2.23. The van der Waals surface area contributed by atoms with Crippen LogP contribution < -0.4 is 16.0 Å². The third-order valence-electron chi connectivity index (χ3n) is 4.56. The van der Waals surface area contributed by atoms with E-state index in [4.69, 9.17) is 0 Å². The molecule has 0 spiro atoms. The van der Waals surface area contributed by atoms with E-state index in [-0.39, 0.29) is 23.8 Å². The molecule has 2 amide bonds. The Balaban J connectivity index is 1.67. The Hall–Kier alpha value is -2.14. The summed E-state index contributed by atoms with van der Waals surface area (Å²) in [5, 5.41) is 8.99. The predicted molar refractivity (Wildman–Crippen MR) is 91.3 cm³/mol. The van der Waals surface area contributed by atoms with Crippen LogP contribution in [0.15, 0.2) is 30.4 Å². The van der Waals surface area contributed by atoms with Crippen molar-refractivity contribution in [1.29, 1.82) is 0 Å². The van der Waals surface area contributed by atoms with E-state index in [2.05, 4.69) is 16.0 Å². The van der Waals surface area contributed by atoms with Gasteiger partial charge in [0.1, 0.15) is 6.04 Å². The molecule has 1 unspecified atom stereocenters. The highest BCUT2D eigenvalue weighted by atomic mass is 16.2. The Kier molecular flexibility index (Phi) is 4.76. The maximum absolute atomic E-state index is 12.2. The number of carbonyl (C=O) groups is 2. The van der Waals surface area contributed by atoms with E-state index in [0.717, 1.165) is 42.6 Å². The quantitative estimate of drug-likeness (QED) is 0.748. The van der Waals surface area contributed by atoms with Gasteiger partial charge in [0.25, 0.3) is 0 Å². The van der Waals surface area contributed by atoms with Crippen molar-refractivity contribution in [3.05, 3.63) is 35.9 Å². The highest BCUT2D eigenvalue weighted by molar-refractivity contribution is 5.98. The Morgan fingerprint density at radius 1 is 1.13 bits per heavy atom. The molecule has 1 heterocycles. The van der Waals surface area contributed by atoms with Crippen molar-refractivity contribution in [2.75, 3.05) is 17.2 Å². The lowest BCUT2D eigenvalue weighted by Gasteiger charge is -2.15. The minimum Gasteiger partial charge on any atom is -0.326 e. The summed E-state index contributed by atoms with van der Waals surface area (Å²) >= 11 is 0. The Morgan fingerprint density at radius 2 is 1.91 bits per heavy atom. The molecule has 1 fully saturated rings. The fraction of sp³-hybridized carbons (Fsp3) is 0.444. The molecule has 122 valence electrons. The molecule has 5 nitrogen and oxygen atoms in total. The SMILES string of the molecule is Cc1ccc(NC(=O)C2CCCC2)cc1NC(=O)C1C=CCN1. The number of hydrogen-bond donors (Lipinski definition) is 3. The second-order valence-electron chi connectivity index (χ2n) is 6.30. The average Bonchev–Trinajstić information content (AvgIpc) is 3.23. The molecule has 0 bridgehead atoms. The van der Waals surface area contributed by atoms with E-state index >= 15 is 0 Å². The summed E-state index contributed by atoms with van der Waals surface area (Å²) in [6.07, 6.45) is 8.01. The fourth-order valence-corrected chi connectivity index (χ4v) is 3.12. The number of anilines is 2. The van der Waals surface area contributed by atoms with Crippen LogP contribution in [0.1, 0.15) is 31.2 Å². The molecular formula is C18H23N3O2. The van der Waals surface area contributed by atoms with Gasteiger partial charge >= 0.3 is 0 Å². The van der Waals surface area contributed by atoms with Crippen molar-refractivity contribution in [3.8, 4) is 0 Å². The van der Waals surface area contributed by atoms with Crippen molar-refractivity contribution in [2.24, 2.45) is 5.92 Å². The molecular weight excluding hydrogens is 290 g/mol. The minimum absolute atomic E-state index is 0.0823. The number of benzene rings is 1. The van der Waals surface area contributed by atoms with E-state index in [9.17, 15) is 9.59 Å². The molecule has 1 aromatic rings. The van der Waals surface area contributed by atoms with Gasteiger partial charge in [-0.25, -0.2) is 0 Å². The second kappa shape index (κ2) is 6.96. The largest absolute Gasteiger partial charge is 0.326 e. The fourth-order valence-electron chi connectivity index (χ4n) is 3.12. The van der Waals surface area contributed by atoms with Crippen molar-refractivity contribution in [1.82, 2.24) is 5.32 Å². The average molecular weight is 313 g/mol. The van der Waals surface area contributed by atoms with E-state index in [1.165, 1.54) is 0 Å². The first kappa shape index (κ1) is 15.7. The molecule has 1 saturated carbocycles.